The van der Waals surface area contributed by atoms with E-state index in [2.05, 4.69) is 27.7 Å². The molecule has 0 radical (unpaired) electrons. The quantitative estimate of drug-likeness (QED) is 0.0209. The Kier molecular flexibility index (Phi) is 77.1. The Labute approximate surface area is 709 Å². The fourth-order valence-corrected chi connectivity index (χ4v) is 17.7. The number of aliphatic hydroxyl groups excluding tert-OH is 8. The summed E-state index contributed by atoms with van der Waals surface area (Å²) < 4.78 is 29.6. The van der Waals surface area contributed by atoms with Crippen molar-refractivity contribution in [1.29, 1.82) is 0 Å². The van der Waals surface area contributed by atoms with Crippen LogP contribution >= 0.6 is 0 Å². The maximum Gasteiger partial charge on any atom is 0.311 e. The molecule has 684 valence electrons. The van der Waals surface area contributed by atoms with Crippen molar-refractivity contribution in [3.63, 3.8) is 0 Å². The molecular weight excluding hydrogens is 1440 g/mol. The summed E-state index contributed by atoms with van der Waals surface area (Å²) >= 11 is 0. The first kappa shape index (κ1) is 110. The van der Waals surface area contributed by atoms with Gasteiger partial charge in [0.1, 0.15) is 62.0 Å². The third-order valence-electron chi connectivity index (χ3n) is 25.9. The van der Waals surface area contributed by atoms with Crippen molar-refractivity contribution in [1.82, 2.24) is 0 Å². The van der Waals surface area contributed by atoms with Crippen molar-refractivity contribution in [3.05, 3.63) is 0 Å². The van der Waals surface area contributed by atoms with E-state index in [1.54, 1.807) is 0 Å². The molecule has 14 atom stereocenters. The third kappa shape index (κ3) is 60.6. The van der Waals surface area contributed by atoms with Crippen molar-refractivity contribution >= 4 is 11.9 Å². The zero-order valence-electron chi connectivity index (χ0n) is 76.1. The molecule has 0 aromatic carbocycles. The molecule has 2 heterocycles. The average Bonchev–Trinajstić information content (AvgIpc) is 0.792. The molecule has 2 fully saturated rings. The zero-order chi connectivity index (χ0) is 83.3. The number of unbranched alkanes of at least 4 members (excludes halogenated alkanes) is 70. The number of carbonyl (C=O) groups is 2. The van der Waals surface area contributed by atoms with Gasteiger partial charge in [-0.05, 0) is 25.7 Å². The Morgan fingerprint density at radius 2 is 0.383 bits per heavy atom. The number of carbonyl (C=O) groups excluding carboxylic acids is 2. The van der Waals surface area contributed by atoms with Crippen LogP contribution in [0.5, 0.6) is 0 Å². The molecule has 0 saturated carbocycles. The summed E-state index contributed by atoms with van der Waals surface area (Å²) in [7, 11) is 0. The fourth-order valence-electron chi connectivity index (χ4n) is 17.7. The molecule has 2 aliphatic heterocycles. The molecule has 115 heavy (non-hydrogen) atoms. The van der Waals surface area contributed by atoms with Gasteiger partial charge >= 0.3 is 11.9 Å². The fraction of sp³-hybridized carbons (Fsp3) is 0.980. The second-order valence-electron chi connectivity index (χ2n) is 36.7. The highest BCUT2D eigenvalue weighted by Gasteiger charge is 2.51. The van der Waals surface area contributed by atoms with E-state index in [4.69, 9.17) is 23.7 Å². The number of aliphatic hydroxyl groups is 8. The molecule has 0 aromatic rings. The predicted molar refractivity (Wildman–Crippen MR) is 478 cm³/mol. The first-order chi connectivity index (χ1) is 56.3. The van der Waals surface area contributed by atoms with Crippen LogP contribution in [0.3, 0.4) is 0 Å². The summed E-state index contributed by atoms with van der Waals surface area (Å²) in [6.07, 6.45) is 75.6. The van der Waals surface area contributed by atoms with E-state index in [1.165, 1.54) is 372 Å². The highest BCUT2D eigenvalue weighted by Crippen LogP contribution is 2.32. The minimum absolute atomic E-state index is 0.432. The second kappa shape index (κ2) is 80.9. The summed E-state index contributed by atoms with van der Waals surface area (Å²) in [6, 6.07) is 0. The summed E-state index contributed by atoms with van der Waals surface area (Å²) in [4.78, 5) is 28.3. The predicted octanol–water partition coefficient (Wildman–Crippen LogP) is 26.2. The second-order valence-corrected chi connectivity index (χ2v) is 36.7. The van der Waals surface area contributed by atoms with Gasteiger partial charge in [0.25, 0.3) is 0 Å². The molecule has 15 nitrogen and oxygen atoms in total. The summed E-state index contributed by atoms with van der Waals surface area (Å²) in [5, 5.41) is 90.9. The number of hydrogen-bond donors (Lipinski definition) is 8. The van der Waals surface area contributed by atoms with Crippen molar-refractivity contribution in [2.24, 2.45) is 11.8 Å². The van der Waals surface area contributed by atoms with E-state index in [0.717, 1.165) is 103 Å². The van der Waals surface area contributed by atoms with Crippen molar-refractivity contribution in [2.45, 2.75) is 602 Å². The van der Waals surface area contributed by atoms with Gasteiger partial charge in [-0.2, -0.15) is 0 Å². The molecule has 15 heteroatoms. The first-order valence-corrected chi connectivity index (χ1v) is 51.1. The van der Waals surface area contributed by atoms with E-state index in [-0.39, 0.29) is 0 Å². The molecule has 0 aliphatic carbocycles. The van der Waals surface area contributed by atoms with Crippen LogP contribution in [0.15, 0.2) is 0 Å². The van der Waals surface area contributed by atoms with Gasteiger partial charge < -0.3 is 64.5 Å². The SMILES string of the molecule is CCCCCCCCCCCCCCCCCCCCC[C@@H](O)[C@@H](CCCCCCCCCCCCCCCCCCCC)C(=O)OC[C@H]1O[C@H](O[C@H]2O[C@H](COC(=O)[C@H](CCCCCCCCCCCCCCCCCCCC)[C@H](O)CCCCCCCCCCCCCCCCCCCCC)[C@@H](O)[C@H](O)[C@H]2O)[C@H](O)[C@@H](O)[C@@H]1O. The zero-order valence-corrected chi connectivity index (χ0v) is 76.1. The van der Waals surface area contributed by atoms with Crippen LogP contribution in [-0.2, 0) is 33.3 Å². The standard InChI is InChI=1S/C100H194O15/c1-5-9-13-17-21-25-29-33-37-41-45-49-53-57-61-65-69-73-77-81-87(101)85(79-75-71-67-63-59-55-51-47-43-39-35-31-27-23-19-15-11-7-3)97(109)111-83-89-91(103)93(105)95(107)99(113-89)115-100-96(108)94(106)92(104)90(114-100)84-112-98(110)86(80-76-72-68-64-60-56-52-48-44-40-36-32-28-24-20-16-12-8-4)88(102)82-78-74-70-66-62-58-54-50-46-42-38-34-30-26-22-18-14-10-6-2/h85-96,99-108H,5-84H2,1-4H3/t85-,86-,87-,88-,89-,90-,91-,92-,93+,94+,95-,96-,99-,100-/m1/s1. The Morgan fingerprint density at radius 3 is 0.557 bits per heavy atom. The van der Waals surface area contributed by atoms with E-state index in [1.807, 2.05) is 0 Å². The van der Waals surface area contributed by atoms with Gasteiger partial charge in [-0.25, -0.2) is 0 Å². The molecule has 2 aliphatic rings. The smallest absolute Gasteiger partial charge is 0.311 e. The van der Waals surface area contributed by atoms with Crippen molar-refractivity contribution < 1.29 is 74.1 Å². The monoisotopic (exact) mass is 1640 g/mol. The van der Waals surface area contributed by atoms with Crippen LogP contribution in [0.25, 0.3) is 0 Å². The lowest BCUT2D eigenvalue weighted by Gasteiger charge is -2.44. The molecule has 0 aromatic heterocycles. The van der Waals surface area contributed by atoms with E-state index >= 15 is 0 Å². The Bertz CT molecular complexity index is 1900. The molecular formula is C100H194O15. The normalized spacial score (nSPS) is 20.9. The van der Waals surface area contributed by atoms with E-state index in [0.29, 0.717) is 25.7 Å². The molecule has 0 spiro atoms. The summed E-state index contributed by atoms with van der Waals surface area (Å²) in [6.45, 7) is 8.00. The van der Waals surface area contributed by atoms with E-state index in [9.17, 15) is 50.4 Å². The molecule has 2 saturated heterocycles. The number of hydrogen-bond acceptors (Lipinski definition) is 15. The lowest BCUT2D eigenvalue weighted by molar-refractivity contribution is -0.376. The van der Waals surface area contributed by atoms with Crippen LogP contribution in [0, 0.1) is 11.8 Å². The van der Waals surface area contributed by atoms with Gasteiger partial charge in [-0.15, -0.1) is 0 Å². The Morgan fingerprint density at radius 1 is 0.226 bits per heavy atom. The minimum atomic E-state index is -1.90. The topological polar surface area (TPSA) is 242 Å². The highest BCUT2D eigenvalue weighted by atomic mass is 16.8. The third-order valence-corrected chi connectivity index (χ3v) is 25.9. The summed E-state index contributed by atoms with van der Waals surface area (Å²) in [5.74, 6) is -2.92. The number of rotatable bonds is 88. The Balaban J connectivity index is 1.99. The van der Waals surface area contributed by atoms with Crippen molar-refractivity contribution in [3.8, 4) is 0 Å². The van der Waals surface area contributed by atoms with Crippen LogP contribution in [0.2, 0.25) is 0 Å². The highest BCUT2D eigenvalue weighted by molar-refractivity contribution is 5.73. The van der Waals surface area contributed by atoms with Crippen LogP contribution in [0.1, 0.15) is 529 Å². The van der Waals surface area contributed by atoms with Gasteiger partial charge in [-0.3, -0.25) is 9.59 Å². The molecule has 0 bridgehead atoms. The van der Waals surface area contributed by atoms with Gasteiger partial charge in [0, 0.05) is 0 Å². The summed E-state index contributed by atoms with van der Waals surface area (Å²) in [5.41, 5.74) is 0. The average molecular weight is 1640 g/mol. The van der Waals surface area contributed by atoms with Gasteiger partial charge in [-0.1, -0.05) is 503 Å². The van der Waals surface area contributed by atoms with Gasteiger partial charge in [0.2, 0.25) is 0 Å². The molecule has 8 N–H and O–H groups in total. The van der Waals surface area contributed by atoms with Crippen LogP contribution in [0.4, 0.5) is 0 Å². The lowest BCUT2D eigenvalue weighted by atomic mass is 9.91. The van der Waals surface area contributed by atoms with Gasteiger partial charge in [0.15, 0.2) is 12.6 Å². The maximum absolute atomic E-state index is 14.2. The molecule has 2 rings (SSSR count). The maximum atomic E-state index is 14.2. The Hall–Kier alpha value is -1.50. The van der Waals surface area contributed by atoms with Gasteiger partial charge in [0.05, 0.1) is 24.0 Å². The minimum Gasteiger partial charge on any atom is -0.463 e. The largest absolute Gasteiger partial charge is 0.463 e. The number of esters is 2. The lowest BCUT2D eigenvalue weighted by Crippen LogP contribution is -2.64. The van der Waals surface area contributed by atoms with Crippen LogP contribution in [-0.4, -0.2) is 140 Å². The molecule has 0 unspecified atom stereocenters. The van der Waals surface area contributed by atoms with Crippen molar-refractivity contribution in [2.75, 3.05) is 13.2 Å². The van der Waals surface area contributed by atoms with E-state index < -0.39 is 111 Å². The first-order valence-electron chi connectivity index (χ1n) is 51.1. The number of ether oxygens (including phenoxy) is 5. The molecule has 0 amide bonds. The van der Waals surface area contributed by atoms with Crippen LogP contribution < -0.4 is 0 Å².